The summed E-state index contributed by atoms with van der Waals surface area (Å²) in [6.07, 6.45) is 2.12. The van der Waals surface area contributed by atoms with Crippen LogP contribution in [0.3, 0.4) is 0 Å². The van der Waals surface area contributed by atoms with E-state index in [1.54, 1.807) is 27.0 Å². The fraction of sp³-hybridized carbons (Fsp3) is 0.545. The first-order valence-electron chi connectivity index (χ1n) is 5.10. The number of nitrogen functional groups attached to an aromatic ring is 1. The van der Waals surface area contributed by atoms with Crippen molar-refractivity contribution in [2.24, 2.45) is 0 Å². The molecule has 0 aliphatic carbocycles. The van der Waals surface area contributed by atoms with Crippen molar-refractivity contribution in [3.63, 3.8) is 0 Å². The second-order valence-corrected chi connectivity index (χ2v) is 5.38. The SMILES string of the molecule is Cc1c(N)cn(CCC(C)(C)O)c(=O)c1Br. The van der Waals surface area contributed by atoms with Crippen LogP contribution in [0, 0.1) is 6.92 Å². The molecule has 0 radical (unpaired) electrons. The van der Waals surface area contributed by atoms with Gasteiger partial charge in [-0.2, -0.15) is 0 Å². The van der Waals surface area contributed by atoms with Crippen LogP contribution in [-0.2, 0) is 6.54 Å². The van der Waals surface area contributed by atoms with Gasteiger partial charge in [0.1, 0.15) is 0 Å². The Hall–Kier alpha value is -0.810. The van der Waals surface area contributed by atoms with Crippen molar-refractivity contribution in [1.29, 1.82) is 0 Å². The van der Waals surface area contributed by atoms with Gasteiger partial charge in [-0.15, -0.1) is 0 Å². The van der Waals surface area contributed by atoms with Crippen LogP contribution in [0.2, 0.25) is 0 Å². The third-order valence-corrected chi connectivity index (χ3v) is 3.40. The van der Waals surface area contributed by atoms with Gasteiger partial charge in [0.05, 0.1) is 15.8 Å². The summed E-state index contributed by atoms with van der Waals surface area (Å²) in [5, 5.41) is 9.60. The fourth-order valence-electron chi connectivity index (χ4n) is 1.30. The van der Waals surface area contributed by atoms with Gasteiger partial charge in [-0.05, 0) is 48.7 Å². The molecule has 0 aromatic carbocycles. The van der Waals surface area contributed by atoms with E-state index in [0.29, 0.717) is 23.1 Å². The highest BCUT2D eigenvalue weighted by molar-refractivity contribution is 9.10. The van der Waals surface area contributed by atoms with Crippen LogP contribution in [0.5, 0.6) is 0 Å². The Bertz CT molecular complexity index is 447. The Balaban J connectivity index is 3.03. The Morgan fingerprint density at radius 2 is 2.12 bits per heavy atom. The molecule has 1 aromatic rings. The van der Waals surface area contributed by atoms with Crippen molar-refractivity contribution in [2.45, 2.75) is 39.3 Å². The maximum atomic E-state index is 11.8. The lowest BCUT2D eigenvalue weighted by atomic mass is 10.1. The van der Waals surface area contributed by atoms with Gasteiger partial charge in [0.25, 0.3) is 5.56 Å². The van der Waals surface area contributed by atoms with E-state index in [1.807, 2.05) is 0 Å². The van der Waals surface area contributed by atoms with Gasteiger partial charge in [0.15, 0.2) is 0 Å². The summed E-state index contributed by atoms with van der Waals surface area (Å²) < 4.78 is 2.01. The number of anilines is 1. The van der Waals surface area contributed by atoms with E-state index in [-0.39, 0.29) is 5.56 Å². The van der Waals surface area contributed by atoms with E-state index in [1.165, 1.54) is 4.57 Å². The first kappa shape index (κ1) is 13.3. The van der Waals surface area contributed by atoms with E-state index in [0.717, 1.165) is 5.56 Å². The molecule has 3 N–H and O–H groups in total. The molecule has 0 fully saturated rings. The van der Waals surface area contributed by atoms with Crippen LogP contribution >= 0.6 is 15.9 Å². The number of nitrogens with two attached hydrogens (primary N) is 1. The van der Waals surface area contributed by atoms with Crippen LogP contribution in [0.15, 0.2) is 15.5 Å². The summed E-state index contributed by atoms with van der Waals surface area (Å²) in [7, 11) is 0. The first-order valence-corrected chi connectivity index (χ1v) is 5.89. The molecule has 1 heterocycles. The summed E-state index contributed by atoms with van der Waals surface area (Å²) in [4.78, 5) is 11.8. The average Bonchev–Trinajstić information content (AvgIpc) is 2.17. The van der Waals surface area contributed by atoms with Crippen LogP contribution in [-0.4, -0.2) is 15.3 Å². The molecule has 1 rings (SSSR count). The highest BCUT2D eigenvalue weighted by atomic mass is 79.9. The van der Waals surface area contributed by atoms with E-state index in [9.17, 15) is 9.90 Å². The van der Waals surface area contributed by atoms with Crippen molar-refractivity contribution < 1.29 is 5.11 Å². The predicted molar refractivity (Wildman–Crippen MR) is 68.5 cm³/mol. The van der Waals surface area contributed by atoms with Gasteiger partial charge in [-0.25, -0.2) is 0 Å². The van der Waals surface area contributed by atoms with Crippen LogP contribution in [0.25, 0.3) is 0 Å². The number of halogens is 1. The minimum atomic E-state index is -0.786. The zero-order chi connectivity index (χ0) is 12.5. The molecule has 5 heteroatoms. The lowest BCUT2D eigenvalue weighted by Gasteiger charge is -2.18. The third kappa shape index (κ3) is 3.09. The van der Waals surface area contributed by atoms with E-state index >= 15 is 0 Å². The molecule has 0 atom stereocenters. The van der Waals surface area contributed by atoms with Gasteiger partial charge in [0, 0.05) is 12.7 Å². The number of rotatable bonds is 3. The Labute approximate surface area is 103 Å². The summed E-state index contributed by atoms with van der Waals surface area (Å²) >= 11 is 3.23. The summed E-state index contributed by atoms with van der Waals surface area (Å²) in [6.45, 7) is 5.67. The Kier molecular flexibility index (Phi) is 3.80. The number of pyridine rings is 1. The van der Waals surface area contributed by atoms with Gasteiger partial charge < -0.3 is 15.4 Å². The Morgan fingerprint density at radius 3 is 2.62 bits per heavy atom. The van der Waals surface area contributed by atoms with E-state index < -0.39 is 5.60 Å². The highest BCUT2D eigenvalue weighted by Gasteiger charge is 2.14. The van der Waals surface area contributed by atoms with Gasteiger partial charge >= 0.3 is 0 Å². The van der Waals surface area contributed by atoms with Gasteiger partial charge in [-0.1, -0.05) is 0 Å². The topological polar surface area (TPSA) is 68.2 Å². The average molecular weight is 289 g/mol. The summed E-state index contributed by atoms with van der Waals surface area (Å²) in [5.41, 5.74) is 6.20. The standard InChI is InChI=1S/C11H17BrN2O2/c1-7-8(13)6-14(10(15)9(7)12)5-4-11(2,3)16/h6,16H,4-5,13H2,1-3H3. The molecule has 90 valence electrons. The van der Waals surface area contributed by atoms with Crippen molar-refractivity contribution in [2.75, 3.05) is 5.73 Å². The number of hydrogen-bond donors (Lipinski definition) is 2. The lowest BCUT2D eigenvalue weighted by molar-refractivity contribution is 0.0659. The maximum Gasteiger partial charge on any atom is 0.265 e. The van der Waals surface area contributed by atoms with Crippen molar-refractivity contribution in [3.8, 4) is 0 Å². The zero-order valence-electron chi connectivity index (χ0n) is 9.75. The quantitative estimate of drug-likeness (QED) is 0.889. The summed E-state index contributed by atoms with van der Waals surface area (Å²) in [6, 6.07) is 0. The largest absolute Gasteiger partial charge is 0.397 e. The molecule has 0 bridgehead atoms. The molecule has 0 saturated carbocycles. The molecule has 0 saturated heterocycles. The third-order valence-electron chi connectivity index (χ3n) is 2.47. The minimum absolute atomic E-state index is 0.115. The molecule has 1 aromatic heterocycles. The maximum absolute atomic E-state index is 11.8. The lowest BCUT2D eigenvalue weighted by Crippen LogP contribution is -2.27. The highest BCUT2D eigenvalue weighted by Crippen LogP contribution is 2.18. The molecule has 0 amide bonds. The first-order chi connectivity index (χ1) is 7.22. The fourth-order valence-corrected chi connectivity index (χ4v) is 1.75. The minimum Gasteiger partial charge on any atom is -0.397 e. The Morgan fingerprint density at radius 1 is 1.56 bits per heavy atom. The van der Waals surface area contributed by atoms with Crippen LogP contribution in [0.4, 0.5) is 5.69 Å². The molecule has 0 aliphatic heterocycles. The van der Waals surface area contributed by atoms with Crippen LogP contribution in [0.1, 0.15) is 25.8 Å². The van der Waals surface area contributed by atoms with Crippen molar-refractivity contribution in [1.82, 2.24) is 4.57 Å². The number of aromatic nitrogens is 1. The second kappa shape index (κ2) is 4.59. The van der Waals surface area contributed by atoms with E-state index in [4.69, 9.17) is 5.73 Å². The molecule has 0 spiro atoms. The van der Waals surface area contributed by atoms with Crippen molar-refractivity contribution in [3.05, 3.63) is 26.6 Å². The molecule has 4 nitrogen and oxygen atoms in total. The zero-order valence-corrected chi connectivity index (χ0v) is 11.3. The number of aliphatic hydroxyl groups is 1. The second-order valence-electron chi connectivity index (χ2n) is 4.58. The molecular formula is C11H17BrN2O2. The monoisotopic (exact) mass is 288 g/mol. The molecular weight excluding hydrogens is 272 g/mol. The number of nitrogens with zero attached hydrogens (tertiary/aromatic N) is 1. The molecule has 0 unspecified atom stereocenters. The van der Waals surface area contributed by atoms with Gasteiger partial charge in [-0.3, -0.25) is 4.79 Å². The normalized spacial score (nSPS) is 11.8. The number of hydrogen-bond acceptors (Lipinski definition) is 3. The van der Waals surface area contributed by atoms with E-state index in [2.05, 4.69) is 15.9 Å². The van der Waals surface area contributed by atoms with Crippen molar-refractivity contribution >= 4 is 21.6 Å². The molecule has 16 heavy (non-hydrogen) atoms. The molecule has 0 aliphatic rings. The summed E-state index contributed by atoms with van der Waals surface area (Å²) in [5.74, 6) is 0. The number of aryl methyl sites for hydroxylation is 1. The smallest absolute Gasteiger partial charge is 0.265 e. The van der Waals surface area contributed by atoms with Gasteiger partial charge in [0.2, 0.25) is 0 Å². The van der Waals surface area contributed by atoms with Crippen LogP contribution < -0.4 is 11.3 Å². The predicted octanol–water partition coefficient (Wildman–Crippen LogP) is 1.66.